The van der Waals surface area contributed by atoms with E-state index in [0.717, 1.165) is 11.8 Å². The molecule has 0 bridgehead atoms. The van der Waals surface area contributed by atoms with Gasteiger partial charge >= 0.3 is 0 Å². The van der Waals surface area contributed by atoms with E-state index in [9.17, 15) is 8.78 Å². The van der Waals surface area contributed by atoms with Gasteiger partial charge in [0.15, 0.2) is 11.6 Å². The van der Waals surface area contributed by atoms with E-state index in [0.29, 0.717) is 11.1 Å². The molecule has 0 radical (unpaired) electrons. The molecule has 0 aromatic heterocycles. The van der Waals surface area contributed by atoms with Crippen LogP contribution in [0.5, 0.6) is 0 Å². The molecule has 2 heteroatoms. The molecular weight excluding hydrogens is 326 g/mol. The summed E-state index contributed by atoms with van der Waals surface area (Å²) in [5, 5.41) is 0. The van der Waals surface area contributed by atoms with Crippen molar-refractivity contribution in [1.29, 1.82) is 0 Å². The highest BCUT2D eigenvalue weighted by Crippen LogP contribution is 2.27. The summed E-state index contributed by atoms with van der Waals surface area (Å²) in [4.78, 5) is 0. The van der Waals surface area contributed by atoms with Gasteiger partial charge in [0.05, 0.1) is 0 Å². The molecule has 26 heavy (non-hydrogen) atoms. The minimum absolute atomic E-state index is 0.350. The highest BCUT2D eigenvalue weighted by Gasteiger charge is 2.13. The van der Waals surface area contributed by atoms with Crippen LogP contribution < -0.4 is 0 Å². The van der Waals surface area contributed by atoms with E-state index in [4.69, 9.17) is 0 Å². The van der Waals surface area contributed by atoms with E-state index in [1.807, 2.05) is 0 Å². The molecule has 2 aromatic carbocycles. The van der Waals surface area contributed by atoms with E-state index in [1.54, 1.807) is 12.1 Å². The Hall–Kier alpha value is -1.70. The third-order valence-corrected chi connectivity index (χ3v) is 4.99. The molecule has 0 unspecified atom stereocenters. The van der Waals surface area contributed by atoms with Gasteiger partial charge in [0.1, 0.15) is 0 Å². The maximum absolute atomic E-state index is 12.6. The number of hydrogen-bond acceptors (Lipinski definition) is 0. The molecule has 1 fully saturated rings. The maximum Gasteiger partial charge on any atom is 0.161 e. The zero-order valence-corrected chi connectivity index (χ0v) is 17.2. The summed E-state index contributed by atoms with van der Waals surface area (Å²) in [5.74, 6) is 0.567. The molecule has 0 saturated heterocycles. The summed E-state index contributed by atoms with van der Waals surface area (Å²) in [5.41, 5.74) is 3.36. The van der Waals surface area contributed by atoms with Crippen LogP contribution in [0.25, 0.3) is 0 Å². The molecule has 0 atom stereocenters. The van der Waals surface area contributed by atoms with Gasteiger partial charge in [-0.05, 0) is 50.7 Å². The normalized spacial score (nSPS) is 18.9. The molecule has 2 aromatic rings. The van der Waals surface area contributed by atoms with Gasteiger partial charge in [-0.2, -0.15) is 0 Å². The lowest BCUT2D eigenvalue weighted by Crippen LogP contribution is -2.08. The lowest BCUT2D eigenvalue weighted by atomic mass is 9.84. The Labute approximate surface area is 158 Å². The molecule has 144 valence electrons. The Morgan fingerprint density at radius 2 is 0.846 bits per heavy atom. The SMILES string of the molecule is CC1CCC(C)CC1.Cc1ccc(C)c(F)c1F.Cc1ccc(C)cc1. The average molecular weight is 361 g/mol. The van der Waals surface area contributed by atoms with Gasteiger partial charge in [-0.3, -0.25) is 0 Å². The predicted molar refractivity (Wildman–Crippen MR) is 109 cm³/mol. The van der Waals surface area contributed by atoms with Crippen LogP contribution in [0.15, 0.2) is 36.4 Å². The van der Waals surface area contributed by atoms with Crippen molar-refractivity contribution in [1.82, 2.24) is 0 Å². The first-order valence-electron chi connectivity index (χ1n) is 9.65. The van der Waals surface area contributed by atoms with Crippen molar-refractivity contribution in [2.24, 2.45) is 11.8 Å². The van der Waals surface area contributed by atoms with E-state index >= 15 is 0 Å². The fourth-order valence-electron chi connectivity index (χ4n) is 2.81. The molecule has 1 aliphatic carbocycles. The number of aryl methyl sites for hydroxylation is 4. The third kappa shape index (κ3) is 8.12. The van der Waals surface area contributed by atoms with Gasteiger partial charge in [-0.25, -0.2) is 8.78 Å². The van der Waals surface area contributed by atoms with E-state index in [2.05, 4.69) is 52.0 Å². The molecule has 0 N–H and O–H groups in total. The molecule has 3 rings (SSSR count). The van der Waals surface area contributed by atoms with Crippen molar-refractivity contribution in [3.05, 3.63) is 70.3 Å². The van der Waals surface area contributed by atoms with Crippen LogP contribution >= 0.6 is 0 Å². The predicted octanol–water partition coefficient (Wildman–Crippen LogP) is 7.72. The minimum atomic E-state index is -0.736. The van der Waals surface area contributed by atoms with Crippen molar-refractivity contribution < 1.29 is 8.78 Å². The van der Waals surface area contributed by atoms with Gasteiger partial charge in [-0.1, -0.05) is 87.1 Å². The molecule has 0 amide bonds. The monoisotopic (exact) mass is 360 g/mol. The highest BCUT2D eigenvalue weighted by atomic mass is 19.2. The second-order valence-corrected chi connectivity index (χ2v) is 7.85. The zero-order valence-electron chi connectivity index (χ0n) is 17.2. The van der Waals surface area contributed by atoms with Crippen molar-refractivity contribution >= 4 is 0 Å². The highest BCUT2D eigenvalue weighted by molar-refractivity contribution is 5.24. The molecule has 1 aliphatic rings. The average Bonchev–Trinajstić information content (AvgIpc) is 2.63. The zero-order chi connectivity index (χ0) is 19.7. The van der Waals surface area contributed by atoms with Crippen LogP contribution in [-0.2, 0) is 0 Å². The lowest BCUT2D eigenvalue weighted by Gasteiger charge is -2.22. The van der Waals surface area contributed by atoms with Gasteiger partial charge in [0, 0.05) is 0 Å². The van der Waals surface area contributed by atoms with Crippen LogP contribution in [0.1, 0.15) is 61.8 Å². The lowest BCUT2D eigenvalue weighted by molar-refractivity contribution is 0.308. The van der Waals surface area contributed by atoms with Gasteiger partial charge in [-0.15, -0.1) is 0 Å². The summed E-state index contributed by atoms with van der Waals surface area (Å²) in [7, 11) is 0. The standard InChI is InChI=1S/C8H8F2.C8H16.C8H10/c1-5-3-4-6(2)8(10)7(5)9;2*1-7-3-5-8(2)6-4-7/h3-4H,1-2H3;7-8H,3-6H2,1-2H3;3-6H,1-2H3. The summed E-state index contributed by atoms with van der Waals surface area (Å²) in [6.07, 6.45) is 5.89. The molecular formula is C24H34F2. The van der Waals surface area contributed by atoms with Crippen LogP contribution in [0.4, 0.5) is 8.78 Å². The third-order valence-electron chi connectivity index (χ3n) is 4.99. The van der Waals surface area contributed by atoms with E-state index in [-0.39, 0.29) is 0 Å². The maximum atomic E-state index is 12.6. The Morgan fingerprint density at radius 1 is 0.577 bits per heavy atom. The second-order valence-electron chi connectivity index (χ2n) is 7.85. The first-order valence-corrected chi connectivity index (χ1v) is 9.65. The molecule has 0 spiro atoms. The van der Waals surface area contributed by atoms with Crippen LogP contribution in [0, 0.1) is 51.2 Å². The van der Waals surface area contributed by atoms with Crippen molar-refractivity contribution in [3.8, 4) is 0 Å². The van der Waals surface area contributed by atoms with Crippen molar-refractivity contribution in [3.63, 3.8) is 0 Å². The smallest absolute Gasteiger partial charge is 0.161 e. The second kappa shape index (κ2) is 11.1. The van der Waals surface area contributed by atoms with Crippen molar-refractivity contribution in [2.75, 3.05) is 0 Å². The molecule has 0 heterocycles. The summed E-state index contributed by atoms with van der Waals surface area (Å²) < 4.78 is 25.2. The Kier molecular flexibility index (Phi) is 9.54. The first-order chi connectivity index (χ1) is 12.2. The first kappa shape index (κ1) is 22.3. The number of benzene rings is 2. The molecule has 0 aliphatic heterocycles. The summed E-state index contributed by atoms with van der Waals surface area (Å²) in [6, 6.07) is 11.6. The van der Waals surface area contributed by atoms with Crippen molar-refractivity contribution in [2.45, 2.75) is 67.2 Å². The van der Waals surface area contributed by atoms with Gasteiger partial charge in [0.2, 0.25) is 0 Å². The van der Waals surface area contributed by atoms with E-state index < -0.39 is 11.6 Å². The number of halogens is 2. The quantitative estimate of drug-likeness (QED) is 0.451. The fraction of sp³-hybridized carbons (Fsp3) is 0.500. The Balaban J connectivity index is 0.000000197. The Morgan fingerprint density at radius 3 is 1.12 bits per heavy atom. The summed E-state index contributed by atoms with van der Waals surface area (Å²) in [6.45, 7) is 12.0. The minimum Gasteiger partial charge on any atom is -0.203 e. The van der Waals surface area contributed by atoms with Crippen LogP contribution in [0.2, 0.25) is 0 Å². The van der Waals surface area contributed by atoms with Crippen LogP contribution in [-0.4, -0.2) is 0 Å². The Bertz CT molecular complexity index is 593. The molecule has 1 saturated carbocycles. The number of hydrogen-bond donors (Lipinski definition) is 0. The molecule has 0 nitrogen and oxygen atoms in total. The van der Waals surface area contributed by atoms with Gasteiger partial charge < -0.3 is 0 Å². The largest absolute Gasteiger partial charge is 0.203 e. The summed E-state index contributed by atoms with van der Waals surface area (Å²) >= 11 is 0. The topological polar surface area (TPSA) is 0 Å². The van der Waals surface area contributed by atoms with E-state index in [1.165, 1.54) is 50.7 Å². The number of rotatable bonds is 0. The fourth-order valence-corrected chi connectivity index (χ4v) is 2.81. The van der Waals surface area contributed by atoms with Crippen LogP contribution in [0.3, 0.4) is 0 Å². The van der Waals surface area contributed by atoms with Gasteiger partial charge in [0.25, 0.3) is 0 Å².